The summed E-state index contributed by atoms with van der Waals surface area (Å²) in [6, 6.07) is 10.0. The highest BCUT2D eigenvalue weighted by molar-refractivity contribution is 5.67. The third-order valence-electron chi connectivity index (χ3n) is 5.07. The van der Waals surface area contributed by atoms with Crippen molar-refractivity contribution in [2.24, 2.45) is 0 Å². The van der Waals surface area contributed by atoms with Crippen LogP contribution in [0.25, 0.3) is 0 Å². The van der Waals surface area contributed by atoms with Gasteiger partial charge in [-0.1, -0.05) is 36.4 Å². The molecule has 2 heterocycles. The highest BCUT2D eigenvalue weighted by Crippen LogP contribution is 2.41. The maximum atomic E-state index is 11.2. The van der Waals surface area contributed by atoms with E-state index in [4.69, 9.17) is 14.2 Å². The second-order valence-corrected chi connectivity index (χ2v) is 7.26. The van der Waals surface area contributed by atoms with Gasteiger partial charge < -0.3 is 19.3 Å². The Kier molecular flexibility index (Phi) is 6.46. The van der Waals surface area contributed by atoms with E-state index in [9.17, 15) is 9.90 Å². The van der Waals surface area contributed by atoms with Crippen molar-refractivity contribution < 1.29 is 24.1 Å². The molecule has 0 unspecified atom stereocenters. The fourth-order valence-corrected chi connectivity index (χ4v) is 3.97. The fourth-order valence-electron chi connectivity index (χ4n) is 3.97. The second-order valence-electron chi connectivity index (χ2n) is 7.26. The van der Waals surface area contributed by atoms with Gasteiger partial charge in [-0.15, -0.1) is 6.58 Å². The summed E-state index contributed by atoms with van der Waals surface area (Å²) in [4.78, 5) is 11.2. The molecule has 0 aromatic heterocycles. The van der Waals surface area contributed by atoms with Crippen LogP contribution < -0.4 is 0 Å². The topological polar surface area (TPSA) is 65.0 Å². The van der Waals surface area contributed by atoms with Gasteiger partial charge >= 0.3 is 5.97 Å². The molecule has 3 rings (SSSR count). The summed E-state index contributed by atoms with van der Waals surface area (Å²) in [6.07, 6.45) is 6.24. The summed E-state index contributed by atoms with van der Waals surface area (Å²) < 4.78 is 18.6. The molecule has 2 saturated heterocycles. The Balaban J connectivity index is 1.68. The minimum absolute atomic E-state index is 0.0254. The highest BCUT2D eigenvalue weighted by atomic mass is 16.7. The van der Waals surface area contributed by atoms with E-state index in [-0.39, 0.29) is 24.7 Å². The van der Waals surface area contributed by atoms with Crippen LogP contribution >= 0.6 is 0 Å². The number of carbonyl (C=O) groups is 1. The molecule has 0 aliphatic carbocycles. The SMILES string of the molecule is C=CC[C@H]1CCC[C@]2(C[C@@H](OCc3ccccc3)C[C@@H](CC(=O)O)O2)O1. The molecule has 0 saturated carbocycles. The van der Waals surface area contributed by atoms with Crippen molar-refractivity contribution in [1.82, 2.24) is 0 Å². The zero-order valence-electron chi connectivity index (χ0n) is 15.1. The normalized spacial score (nSPS) is 31.6. The van der Waals surface area contributed by atoms with Crippen LogP contribution in [0, 0.1) is 0 Å². The first kappa shape index (κ1) is 19.1. The quantitative estimate of drug-likeness (QED) is 0.743. The van der Waals surface area contributed by atoms with Crippen LogP contribution in [-0.4, -0.2) is 35.2 Å². The fraction of sp³-hybridized carbons (Fsp3) is 0.571. The molecule has 1 aromatic rings. The van der Waals surface area contributed by atoms with Crippen LogP contribution in [0.15, 0.2) is 43.0 Å². The van der Waals surface area contributed by atoms with Crippen LogP contribution in [0.5, 0.6) is 0 Å². The average Bonchev–Trinajstić information content (AvgIpc) is 2.60. The predicted molar refractivity (Wildman–Crippen MR) is 97.6 cm³/mol. The first-order valence-electron chi connectivity index (χ1n) is 9.42. The number of aliphatic carboxylic acids is 1. The zero-order chi connectivity index (χ0) is 18.4. The highest BCUT2D eigenvalue weighted by Gasteiger charge is 2.46. The summed E-state index contributed by atoms with van der Waals surface area (Å²) in [6.45, 7) is 4.31. The van der Waals surface area contributed by atoms with Crippen molar-refractivity contribution >= 4 is 5.97 Å². The minimum Gasteiger partial charge on any atom is -0.481 e. The van der Waals surface area contributed by atoms with Gasteiger partial charge in [0.2, 0.25) is 0 Å². The molecule has 5 heteroatoms. The molecule has 0 bridgehead atoms. The molecule has 4 atom stereocenters. The summed E-state index contributed by atoms with van der Waals surface area (Å²) >= 11 is 0. The largest absolute Gasteiger partial charge is 0.481 e. The lowest BCUT2D eigenvalue weighted by Gasteiger charge is -2.48. The van der Waals surface area contributed by atoms with Crippen molar-refractivity contribution in [2.75, 3.05) is 0 Å². The molecule has 2 aliphatic heterocycles. The number of carboxylic acid groups (broad SMARTS) is 1. The molecular formula is C21H28O5. The van der Waals surface area contributed by atoms with E-state index in [0.29, 0.717) is 19.4 Å². The van der Waals surface area contributed by atoms with Gasteiger partial charge in [-0.3, -0.25) is 4.79 Å². The van der Waals surface area contributed by atoms with E-state index in [1.165, 1.54) is 0 Å². The standard InChI is InChI=1S/C21H28O5/c1-2-7-17-10-6-11-21(25-17)14-19(12-18(26-21)13-20(22)23)24-15-16-8-4-3-5-9-16/h2-5,8-9,17-19H,1,6-7,10-15H2,(H,22,23)/t17-,18-,19-,21-/m0/s1. The van der Waals surface area contributed by atoms with Crippen molar-refractivity contribution in [1.29, 1.82) is 0 Å². The molecule has 142 valence electrons. The molecule has 0 amide bonds. The number of ether oxygens (including phenoxy) is 3. The minimum atomic E-state index is -0.854. The smallest absolute Gasteiger partial charge is 0.305 e. The van der Waals surface area contributed by atoms with Gasteiger partial charge in [0.1, 0.15) is 0 Å². The first-order chi connectivity index (χ1) is 12.6. The Morgan fingerprint density at radius 3 is 2.81 bits per heavy atom. The lowest BCUT2D eigenvalue weighted by Crippen LogP contribution is -2.52. The third kappa shape index (κ3) is 5.16. The van der Waals surface area contributed by atoms with Crippen LogP contribution in [0.1, 0.15) is 50.5 Å². The van der Waals surface area contributed by atoms with E-state index in [1.54, 1.807) is 0 Å². The van der Waals surface area contributed by atoms with E-state index < -0.39 is 11.8 Å². The molecule has 0 radical (unpaired) electrons. The maximum absolute atomic E-state index is 11.2. The Morgan fingerprint density at radius 1 is 1.31 bits per heavy atom. The number of rotatable bonds is 7. The summed E-state index contributed by atoms with van der Waals surface area (Å²) in [5, 5.41) is 9.21. The maximum Gasteiger partial charge on any atom is 0.305 e. The molecule has 1 aromatic carbocycles. The summed E-state index contributed by atoms with van der Waals surface area (Å²) in [7, 11) is 0. The monoisotopic (exact) mass is 360 g/mol. The molecule has 5 nitrogen and oxygen atoms in total. The van der Waals surface area contributed by atoms with Crippen LogP contribution in [0.2, 0.25) is 0 Å². The van der Waals surface area contributed by atoms with Crippen molar-refractivity contribution in [3.8, 4) is 0 Å². The number of benzene rings is 1. The molecule has 1 N–H and O–H groups in total. The van der Waals surface area contributed by atoms with E-state index in [0.717, 1.165) is 31.2 Å². The lowest BCUT2D eigenvalue weighted by atomic mass is 9.89. The summed E-state index contributed by atoms with van der Waals surface area (Å²) in [5.41, 5.74) is 1.11. The Bertz CT molecular complexity index is 602. The van der Waals surface area contributed by atoms with Gasteiger partial charge in [0, 0.05) is 19.3 Å². The first-order valence-corrected chi connectivity index (χ1v) is 9.42. The molecule has 1 spiro atoms. The Morgan fingerprint density at radius 2 is 2.08 bits per heavy atom. The molecule has 2 aliphatic rings. The van der Waals surface area contributed by atoms with Gasteiger partial charge in [-0.25, -0.2) is 0 Å². The zero-order valence-corrected chi connectivity index (χ0v) is 15.1. The Hall–Kier alpha value is -1.69. The van der Waals surface area contributed by atoms with E-state index >= 15 is 0 Å². The van der Waals surface area contributed by atoms with Crippen LogP contribution in [0.3, 0.4) is 0 Å². The Labute approximate surface area is 155 Å². The van der Waals surface area contributed by atoms with Gasteiger partial charge in [0.15, 0.2) is 5.79 Å². The average molecular weight is 360 g/mol. The van der Waals surface area contributed by atoms with Crippen molar-refractivity contribution in [3.63, 3.8) is 0 Å². The lowest BCUT2D eigenvalue weighted by molar-refractivity contribution is -0.329. The number of hydrogen-bond donors (Lipinski definition) is 1. The number of hydrogen-bond acceptors (Lipinski definition) is 4. The van der Waals surface area contributed by atoms with Gasteiger partial charge in [0.25, 0.3) is 0 Å². The van der Waals surface area contributed by atoms with Crippen molar-refractivity contribution in [3.05, 3.63) is 48.6 Å². The van der Waals surface area contributed by atoms with E-state index in [2.05, 4.69) is 6.58 Å². The van der Waals surface area contributed by atoms with E-state index in [1.807, 2.05) is 36.4 Å². The van der Waals surface area contributed by atoms with Gasteiger partial charge in [0.05, 0.1) is 31.3 Å². The summed E-state index contributed by atoms with van der Waals surface area (Å²) in [5.74, 6) is -1.58. The molecule has 2 fully saturated rings. The molecule has 26 heavy (non-hydrogen) atoms. The van der Waals surface area contributed by atoms with Crippen molar-refractivity contribution in [2.45, 2.75) is 75.7 Å². The number of carboxylic acids is 1. The van der Waals surface area contributed by atoms with Gasteiger partial charge in [-0.2, -0.15) is 0 Å². The third-order valence-corrected chi connectivity index (χ3v) is 5.07. The predicted octanol–water partition coefficient (Wildman–Crippen LogP) is 4.07. The second kappa shape index (κ2) is 8.80. The van der Waals surface area contributed by atoms with Crippen LogP contribution in [0.4, 0.5) is 0 Å². The van der Waals surface area contributed by atoms with Gasteiger partial charge in [-0.05, 0) is 24.8 Å². The molecular weight excluding hydrogens is 332 g/mol. The van der Waals surface area contributed by atoms with Crippen LogP contribution in [-0.2, 0) is 25.6 Å².